The monoisotopic (exact) mass is 378 g/mol. The van der Waals surface area contributed by atoms with Crippen molar-refractivity contribution < 1.29 is 23.8 Å². The number of hydrogen-bond donors (Lipinski definition) is 1. The Labute approximate surface area is 162 Å². The van der Waals surface area contributed by atoms with Gasteiger partial charge in [0.2, 0.25) is 0 Å². The second-order valence-electron chi connectivity index (χ2n) is 6.04. The highest BCUT2D eigenvalue weighted by molar-refractivity contribution is 6.20. The largest absolute Gasteiger partial charge is 0.497 e. The highest BCUT2D eigenvalue weighted by atomic mass is 19.1. The SMILES string of the molecule is COc1ccc(/C(=C/c2ccc(OCc3ccccc3F)cc2)C(=O)O)cc1. The van der Waals surface area contributed by atoms with Crippen LogP contribution in [0.25, 0.3) is 11.6 Å². The predicted molar refractivity (Wildman–Crippen MR) is 106 cm³/mol. The van der Waals surface area contributed by atoms with E-state index in [1.165, 1.54) is 6.07 Å². The maximum Gasteiger partial charge on any atom is 0.336 e. The minimum Gasteiger partial charge on any atom is -0.497 e. The Bertz CT molecular complexity index is 976. The highest BCUT2D eigenvalue weighted by Gasteiger charge is 2.11. The average molecular weight is 378 g/mol. The topological polar surface area (TPSA) is 55.8 Å². The van der Waals surface area contributed by atoms with Gasteiger partial charge in [-0.1, -0.05) is 42.5 Å². The number of ether oxygens (including phenoxy) is 2. The number of carbonyl (C=O) groups is 1. The van der Waals surface area contributed by atoms with Crippen molar-refractivity contribution >= 4 is 17.6 Å². The molecule has 0 atom stereocenters. The third-order valence-electron chi connectivity index (χ3n) is 4.17. The summed E-state index contributed by atoms with van der Waals surface area (Å²) in [5.41, 5.74) is 1.93. The Balaban J connectivity index is 1.75. The summed E-state index contributed by atoms with van der Waals surface area (Å²) in [5.74, 6) is -0.107. The predicted octanol–water partition coefficient (Wildman–Crippen LogP) is 5.04. The van der Waals surface area contributed by atoms with Crippen LogP contribution < -0.4 is 9.47 Å². The molecule has 0 aliphatic carbocycles. The van der Waals surface area contributed by atoms with Gasteiger partial charge in [0.1, 0.15) is 23.9 Å². The fraction of sp³-hybridized carbons (Fsp3) is 0.0870. The van der Waals surface area contributed by atoms with E-state index in [2.05, 4.69) is 0 Å². The van der Waals surface area contributed by atoms with Crippen LogP contribution in [-0.2, 0) is 11.4 Å². The van der Waals surface area contributed by atoms with E-state index in [1.807, 2.05) is 0 Å². The summed E-state index contributed by atoms with van der Waals surface area (Å²) >= 11 is 0. The molecule has 3 aromatic rings. The van der Waals surface area contributed by atoms with E-state index >= 15 is 0 Å². The molecule has 0 bridgehead atoms. The molecule has 3 rings (SSSR count). The van der Waals surface area contributed by atoms with Crippen LogP contribution in [0.1, 0.15) is 16.7 Å². The van der Waals surface area contributed by atoms with E-state index in [1.54, 1.807) is 79.9 Å². The van der Waals surface area contributed by atoms with E-state index in [0.29, 0.717) is 28.2 Å². The normalized spacial score (nSPS) is 11.1. The summed E-state index contributed by atoms with van der Waals surface area (Å²) in [7, 11) is 1.55. The van der Waals surface area contributed by atoms with Crippen LogP contribution >= 0.6 is 0 Å². The molecule has 142 valence electrons. The summed E-state index contributed by atoms with van der Waals surface area (Å²) in [6, 6.07) is 20.2. The average Bonchev–Trinajstić information content (AvgIpc) is 2.72. The first-order valence-electron chi connectivity index (χ1n) is 8.62. The van der Waals surface area contributed by atoms with Crippen LogP contribution in [0.3, 0.4) is 0 Å². The molecule has 1 N–H and O–H groups in total. The zero-order chi connectivity index (χ0) is 19.9. The van der Waals surface area contributed by atoms with Crippen molar-refractivity contribution in [2.75, 3.05) is 7.11 Å². The molecule has 0 aliphatic rings. The minimum absolute atomic E-state index is 0.119. The second kappa shape index (κ2) is 8.86. The van der Waals surface area contributed by atoms with Crippen molar-refractivity contribution in [1.82, 2.24) is 0 Å². The van der Waals surface area contributed by atoms with Gasteiger partial charge in [-0.3, -0.25) is 0 Å². The number of carboxylic acid groups (broad SMARTS) is 1. The van der Waals surface area contributed by atoms with Crippen molar-refractivity contribution in [3.05, 3.63) is 95.3 Å². The van der Waals surface area contributed by atoms with Gasteiger partial charge in [-0.05, 0) is 47.5 Å². The lowest BCUT2D eigenvalue weighted by molar-refractivity contribution is -0.130. The number of aliphatic carboxylic acids is 1. The van der Waals surface area contributed by atoms with E-state index in [9.17, 15) is 14.3 Å². The van der Waals surface area contributed by atoms with Gasteiger partial charge in [-0.2, -0.15) is 0 Å². The van der Waals surface area contributed by atoms with E-state index in [-0.39, 0.29) is 18.0 Å². The van der Waals surface area contributed by atoms with Crippen molar-refractivity contribution in [2.24, 2.45) is 0 Å². The number of hydrogen-bond acceptors (Lipinski definition) is 3. The molecule has 0 aliphatic heterocycles. The molecule has 5 heteroatoms. The molecule has 3 aromatic carbocycles. The fourth-order valence-electron chi connectivity index (χ4n) is 2.64. The highest BCUT2D eigenvalue weighted by Crippen LogP contribution is 2.23. The van der Waals surface area contributed by atoms with Gasteiger partial charge in [-0.25, -0.2) is 9.18 Å². The first kappa shape index (κ1) is 19.2. The van der Waals surface area contributed by atoms with E-state index in [4.69, 9.17) is 9.47 Å². The summed E-state index contributed by atoms with van der Waals surface area (Å²) < 4.78 is 24.3. The first-order chi connectivity index (χ1) is 13.6. The van der Waals surface area contributed by atoms with Gasteiger partial charge in [0, 0.05) is 5.56 Å². The standard InChI is InChI=1S/C23H19FO4/c1-27-19-12-8-17(9-13-19)21(23(25)26)14-16-6-10-20(11-7-16)28-15-18-4-2-3-5-22(18)24/h2-14H,15H2,1H3,(H,25,26)/b21-14-. The van der Waals surface area contributed by atoms with Crippen molar-refractivity contribution in [3.63, 3.8) is 0 Å². The number of carboxylic acids is 1. The van der Waals surface area contributed by atoms with Crippen LogP contribution in [0.2, 0.25) is 0 Å². The Morgan fingerprint density at radius 1 is 0.964 bits per heavy atom. The molecule has 0 aromatic heterocycles. The Morgan fingerprint density at radius 3 is 2.21 bits per heavy atom. The van der Waals surface area contributed by atoms with Crippen LogP contribution in [-0.4, -0.2) is 18.2 Å². The molecule has 0 amide bonds. The fourth-order valence-corrected chi connectivity index (χ4v) is 2.64. The number of methoxy groups -OCH3 is 1. The molecule has 0 radical (unpaired) electrons. The molecule has 0 spiro atoms. The van der Waals surface area contributed by atoms with Crippen molar-refractivity contribution in [1.29, 1.82) is 0 Å². The van der Waals surface area contributed by atoms with Gasteiger partial charge < -0.3 is 14.6 Å². The molecule has 0 saturated carbocycles. The maximum absolute atomic E-state index is 13.6. The molecule has 0 fully saturated rings. The smallest absolute Gasteiger partial charge is 0.336 e. The molecule has 28 heavy (non-hydrogen) atoms. The quantitative estimate of drug-likeness (QED) is 0.462. The molecule has 0 heterocycles. The first-order valence-corrected chi connectivity index (χ1v) is 8.62. The molecule has 0 saturated heterocycles. The number of halogens is 1. The van der Waals surface area contributed by atoms with E-state index < -0.39 is 5.97 Å². The van der Waals surface area contributed by atoms with Crippen LogP contribution in [0, 0.1) is 5.82 Å². The van der Waals surface area contributed by atoms with Gasteiger partial charge in [0.25, 0.3) is 0 Å². The zero-order valence-electron chi connectivity index (χ0n) is 15.3. The van der Waals surface area contributed by atoms with Gasteiger partial charge in [-0.15, -0.1) is 0 Å². The molecule has 4 nitrogen and oxygen atoms in total. The lowest BCUT2D eigenvalue weighted by Crippen LogP contribution is -2.00. The number of rotatable bonds is 7. The summed E-state index contributed by atoms with van der Waals surface area (Å²) in [6.45, 7) is 0.119. The van der Waals surface area contributed by atoms with Crippen LogP contribution in [0.15, 0.2) is 72.8 Å². The van der Waals surface area contributed by atoms with E-state index in [0.717, 1.165) is 0 Å². The Kier molecular flexibility index (Phi) is 6.07. The van der Waals surface area contributed by atoms with Gasteiger partial charge in [0.05, 0.1) is 12.7 Å². The zero-order valence-corrected chi connectivity index (χ0v) is 15.3. The summed E-state index contributed by atoms with van der Waals surface area (Å²) in [6.07, 6.45) is 1.59. The van der Waals surface area contributed by atoms with Crippen molar-refractivity contribution in [3.8, 4) is 11.5 Å². The van der Waals surface area contributed by atoms with Crippen LogP contribution in [0.4, 0.5) is 4.39 Å². The summed E-state index contributed by atoms with van der Waals surface area (Å²) in [5, 5.41) is 9.55. The molecule has 0 unspecified atom stereocenters. The van der Waals surface area contributed by atoms with Crippen LogP contribution in [0.5, 0.6) is 11.5 Å². The second-order valence-corrected chi connectivity index (χ2v) is 6.04. The lowest BCUT2D eigenvalue weighted by atomic mass is 10.0. The number of benzene rings is 3. The molecular weight excluding hydrogens is 359 g/mol. The Morgan fingerprint density at radius 2 is 1.61 bits per heavy atom. The lowest BCUT2D eigenvalue weighted by Gasteiger charge is -2.08. The maximum atomic E-state index is 13.6. The summed E-state index contributed by atoms with van der Waals surface area (Å²) in [4.78, 5) is 11.7. The van der Waals surface area contributed by atoms with Gasteiger partial charge in [0.15, 0.2) is 0 Å². The van der Waals surface area contributed by atoms with Gasteiger partial charge >= 0.3 is 5.97 Å². The molecular formula is C23H19FO4. The van der Waals surface area contributed by atoms with Crippen molar-refractivity contribution in [2.45, 2.75) is 6.61 Å². The third-order valence-corrected chi connectivity index (χ3v) is 4.17. The minimum atomic E-state index is -1.02. The Hall–Kier alpha value is -3.60. The third kappa shape index (κ3) is 4.76.